The monoisotopic (exact) mass is 207 g/mol. The Morgan fingerprint density at radius 3 is 2.73 bits per heavy atom. The Morgan fingerprint density at radius 2 is 2.13 bits per heavy atom. The van der Waals surface area contributed by atoms with Gasteiger partial charge in [0.1, 0.15) is 0 Å². The lowest BCUT2D eigenvalue weighted by Gasteiger charge is -2.04. The van der Waals surface area contributed by atoms with E-state index in [0.29, 0.717) is 12.1 Å². The highest BCUT2D eigenvalue weighted by Crippen LogP contribution is 2.05. The van der Waals surface area contributed by atoms with Crippen molar-refractivity contribution in [3.63, 3.8) is 0 Å². The molecule has 0 spiro atoms. The van der Waals surface area contributed by atoms with Crippen molar-refractivity contribution in [2.24, 2.45) is 0 Å². The number of hydrogen-bond acceptors (Lipinski definition) is 3. The van der Waals surface area contributed by atoms with Crippen LogP contribution >= 0.6 is 0 Å². The zero-order valence-electron chi connectivity index (χ0n) is 8.74. The normalized spacial score (nSPS) is 9.47. The molecule has 1 N–H and O–H groups in total. The van der Waals surface area contributed by atoms with Gasteiger partial charge in [0.25, 0.3) is 0 Å². The predicted octanol–water partition coefficient (Wildman–Crippen LogP) is 1.75. The van der Waals surface area contributed by atoms with Crippen molar-refractivity contribution in [1.29, 1.82) is 0 Å². The summed E-state index contributed by atoms with van der Waals surface area (Å²) in [6.07, 6.45) is -0.483. The van der Waals surface area contributed by atoms with Crippen molar-refractivity contribution in [2.75, 3.05) is 7.11 Å². The lowest BCUT2D eigenvalue weighted by atomic mass is 10.1. The molecule has 1 amide bonds. The van der Waals surface area contributed by atoms with Crippen molar-refractivity contribution >= 4 is 11.9 Å². The standard InChI is InChI=1S/C11H13NO3/c1-8(13)10-5-3-4-9(6-10)7-12-11(14)15-2/h3-6H,7H2,1-2H3,(H,12,14). The number of nitrogens with one attached hydrogen (secondary N) is 1. The van der Waals surface area contributed by atoms with Gasteiger partial charge < -0.3 is 10.1 Å². The van der Waals surface area contributed by atoms with E-state index in [0.717, 1.165) is 5.56 Å². The molecular formula is C11H13NO3. The molecule has 0 atom stereocenters. The van der Waals surface area contributed by atoms with Gasteiger partial charge in [0.15, 0.2) is 5.78 Å². The summed E-state index contributed by atoms with van der Waals surface area (Å²) in [6.45, 7) is 1.86. The lowest BCUT2D eigenvalue weighted by Crippen LogP contribution is -2.22. The Bertz CT molecular complexity index is 374. The van der Waals surface area contributed by atoms with Crippen LogP contribution in [0, 0.1) is 0 Å². The first-order valence-corrected chi connectivity index (χ1v) is 4.55. The molecule has 4 heteroatoms. The van der Waals surface area contributed by atoms with Crippen LogP contribution in [-0.4, -0.2) is 19.0 Å². The lowest BCUT2D eigenvalue weighted by molar-refractivity contribution is 0.101. The summed E-state index contributed by atoms with van der Waals surface area (Å²) in [7, 11) is 1.31. The fourth-order valence-electron chi connectivity index (χ4n) is 1.15. The highest BCUT2D eigenvalue weighted by atomic mass is 16.5. The number of carbonyl (C=O) groups is 2. The first-order chi connectivity index (χ1) is 7.13. The number of ketones is 1. The van der Waals surface area contributed by atoms with E-state index in [4.69, 9.17) is 0 Å². The van der Waals surface area contributed by atoms with Crippen molar-refractivity contribution in [3.05, 3.63) is 35.4 Å². The number of ether oxygens (including phenoxy) is 1. The number of amides is 1. The van der Waals surface area contributed by atoms with Crippen molar-refractivity contribution < 1.29 is 14.3 Å². The molecule has 1 aromatic rings. The van der Waals surface area contributed by atoms with Gasteiger partial charge in [-0.15, -0.1) is 0 Å². The third kappa shape index (κ3) is 3.42. The minimum atomic E-state index is -0.483. The number of methoxy groups -OCH3 is 1. The molecule has 15 heavy (non-hydrogen) atoms. The molecule has 80 valence electrons. The fraction of sp³-hybridized carbons (Fsp3) is 0.273. The van der Waals surface area contributed by atoms with Crippen LogP contribution in [0.4, 0.5) is 4.79 Å². The minimum absolute atomic E-state index is 0.00918. The van der Waals surface area contributed by atoms with Crippen LogP contribution in [-0.2, 0) is 11.3 Å². The molecule has 1 aromatic carbocycles. The Balaban J connectivity index is 2.66. The summed E-state index contributed by atoms with van der Waals surface area (Å²) in [5.74, 6) is 0.00918. The second kappa shape index (κ2) is 5.14. The number of hydrogen-bond donors (Lipinski definition) is 1. The molecule has 0 saturated carbocycles. The zero-order valence-corrected chi connectivity index (χ0v) is 8.74. The number of alkyl carbamates (subject to hydrolysis) is 1. The van der Waals surface area contributed by atoms with E-state index in [9.17, 15) is 9.59 Å². The maximum atomic E-state index is 11.1. The number of benzene rings is 1. The Morgan fingerprint density at radius 1 is 1.40 bits per heavy atom. The molecule has 0 aliphatic rings. The predicted molar refractivity (Wildman–Crippen MR) is 55.7 cm³/mol. The van der Waals surface area contributed by atoms with E-state index < -0.39 is 6.09 Å². The second-order valence-corrected chi connectivity index (χ2v) is 3.10. The van der Waals surface area contributed by atoms with E-state index in [1.165, 1.54) is 14.0 Å². The van der Waals surface area contributed by atoms with Crippen LogP contribution in [0.5, 0.6) is 0 Å². The Hall–Kier alpha value is -1.84. The number of carbonyl (C=O) groups excluding carboxylic acids is 2. The number of Topliss-reactive ketones (excluding diaryl/α,β-unsaturated/α-hetero) is 1. The number of rotatable bonds is 3. The van der Waals surface area contributed by atoms with Crippen molar-refractivity contribution in [3.8, 4) is 0 Å². The molecule has 4 nitrogen and oxygen atoms in total. The molecule has 1 rings (SSSR count). The zero-order chi connectivity index (χ0) is 11.3. The van der Waals surface area contributed by atoms with Crippen LogP contribution in [0.2, 0.25) is 0 Å². The smallest absolute Gasteiger partial charge is 0.407 e. The third-order valence-corrected chi connectivity index (χ3v) is 1.96. The van der Waals surface area contributed by atoms with E-state index in [1.54, 1.807) is 18.2 Å². The van der Waals surface area contributed by atoms with E-state index in [-0.39, 0.29) is 5.78 Å². The topological polar surface area (TPSA) is 55.4 Å². The quantitative estimate of drug-likeness (QED) is 0.768. The van der Waals surface area contributed by atoms with Gasteiger partial charge in [0.05, 0.1) is 7.11 Å². The summed E-state index contributed by atoms with van der Waals surface area (Å²) < 4.78 is 4.43. The highest BCUT2D eigenvalue weighted by Gasteiger charge is 2.02. The molecule has 0 aromatic heterocycles. The molecule has 0 bridgehead atoms. The largest absolute Gasteiger partial charge is 0.453 e. The molecule has 0 heterocycles. The van der Waals surface area contributed by atoms with Gasteiger partial charge in [-0.1, -0.05) is 18.2 Å². The summed E-state index contributed by atoms with van der Waals surface area (Å²) in [5, 5.41) is 2.54. The molecule has 0 saturated heterocycles. The summed E-state index contributed by atoms with van der Waals surface area (Å²) >= 11 is 0. The fourth-order valence-corrected chi connectivity index (χ4v) is 1.15. The summed E-state index contributed by atoms with van der Waals surface area (Å²) in [4.78, 5) is 21.9. The maximum absolute atomic E-state index is 11.1. The van der Waals surface area contributed by atoms with Crippen molar-refractivity contribution in [2.45, 2.75) is 13.5 Å². The molecule has 0 aliphatic heterocycles. The van der Waals surface area contributed by atoms with Crippen LogP contribution in [0.1, 0.15) is 22.8 Å². The van der Waals surface area contributed by atoms with Gasteiger partial charge in [-0.3, -0.25) is 4.79 Å². The Labute approximate surface area is 88.2 Å². The Kier molecular flexibility index (Phi) is 3.85. The van der Waals surface area contributed by atoms with E-state index in [1.807, 2.05) is 6.07 Å². The average Bonchev–Trinajstić information content (AvgIpc) is 2.26. The molecule has 0 unspecified atom stereocenters. The van der Waals surface area contributed by atoms with Gasteiger partial charge in [-0.25, -0.2) is 4.79 Å². The van der Waals surface area contributed by atoms with Crippen LogP contribution in [0.3, 0.4) is 0 Å². The van der Waals surface area contributed by atoms with Crippen LogP contribution < -0.4 is 5.32 Å². The molecule has 0 fully saturated rings. The SMILES string of the molecule is COC(=O)NCc1cccc(C(C)=O)c1. The first-order valence-electron chi connectivity index (χ1n) is 4.55. The van der Waals surface area contributed by atoms with Crippen molar-refractivity contribution in [1.82, 2.24) is 5.32 Å². The minimum Gasteiger partial charge on any atom is -0.453 e. The molecule has 0 aliphatic carbocycles. The third-order valence-electron chi connectivity index (χ3n) is 1.96. The average molecular weight is 207 g/mol. The van der Waals surface area contributed by atoms with Gasteiger partial charge >= 0.3 is 6.09 Å². The molecular weight excluding hydrogens is 194 g/mol. The van der Waals surface area contributed by atoms with Crippen LogP contribution in [0.25, 0.3) is 0 Å². The molecule has 0 radical (unpaired) electrons. The highest BCUT2D eigenvalue weighted by molar-refractivity contribution is 5.94. The van der Waals surface area contributed by atoms with Crippen LogP contribution in [0.15, 0.2) is 24.3 Å². The van der Waals surface area contributed by atoms with Gasteiger partial charge in [-0.2, -0.15) is 0 Å². The van der Waals surface area contributed by atoms with Gasteiger partial charge in [0, 0.05) is 12.1 Å². The summed E-state index contributed by atoms with van der Waals surface area (Å²) in [6, 6.07) is 7.11. The maximum Gasteiger partial charge on any atom is 0.407 e. The van der Waals surface area contributed by atoms with E-state index in [2.05, 4.69) is 10.1 Å². The summed E-state index contributed by atoms with van der Waals surface area (Å²) in [5.41, 5.74) is 1.51. The van der Waals surface area contributed by atoms with E-state index >= 15 is 0 Å². The van der Waals surface area contributed by atoms with Gasteiger partial charge in [0.2, 0.25) is 0 Å². The second-order valence-electron chi connectivity index (χ2n) is 3.10. The first kappa shape index (κ1) is 11.2. The van der Waals surface area contributed by atoms with Gasteiger partial charge in [-0.05, 0) is 18.6 Å².